The van der Waals surface area contributed by atoms with Gasteiger partial charge >= 0.3 is 0 Å². The van der Waals surface area contributed by atoms with Crippen LogP contribution in [0.1, 0.15) is 0 Å². The third kappa shape index (κ3) is 2.91. The molecule has 2 rings (SSSR count). The second kappa shape index (κ2) is 6.65. The van der Waals surface area contributed by atoms with Crippen molar-refractivity contribution >= 4 is 41.1 Å². The van der Waals surface area contributed by atoms with Gasteiger partial charge in [0.2, 0.25) is 0 Å². The number of benzene rings is 2. The zero-order chi connectivity index (χ0) is 13.7. The molecule has 0 radical (unpaired) electrons. The van der Waals surface area contributed by atoms with Gasteiger partial charge < -0.3 is 4.57 Å². The van der Waals surface area contributed by atoms with E-state index in [4.69, 9.17) is 11.6 Å². The van der Waals surface area contributed by atoms with Crippen LogP contribution in [0.25, 0.3) is 0 Å². The smallest absolute Gasteiger partial charge is 0.156 e. The second-order valence-corrected chi connectivity index (χ2v) is 8.84. The largest absolute Gasteiger partial charge is 0.312 e. The first-order valence-electron chi connectivity index (χ1n) is 6.03. The highest BCUT2D eigenvalue weighted by molar-refractivity contribution is 8.08. The Kier molecular flexibility index (Phi) is 5.15. The van der Waals surface area contributed by atoms with Gasteiger partial charge in [0, 0.05) is 16.5 Å². The van der Waals surface area contributed by atoms with Gasteiger partial charge in [0.05, 0.1) is 4.99 Å². The van der Waals surface area contributed by atoms with Crippen LogP contribution in [-0.2, 0) is 4.57 Å². The third-order valence-electron chi connectivity index (χ3n) is 3.09. The molecular formula is C15H16ClOPS. The summed E-state index contributed by atoms with van der Waals surface area (Å²) in [7, 11) is -2.70. The monoisotopic (exact) mass is 310 g/mol. The highest BCUT2D eigenvalue weighted by Crippen LogP contribution is 2.52. The number of alkyl halides is 1. The van der Waals surface area contributed by atoms with E-state index >= 15 is 0 Å². The van der Waals surface area contributed by atoms with E-state index in [1.165, 1.54) is 0 Å². The molecule has 19 heavy (non-hydrogen) atoms. The summed E-state index contributed by atoms with van der Waals surface area (Å²) in [5, 5.41) is 1.75. The quantitative estimate of drug-likeness (QED) is 0.615. The van der Waals surface area contributed by atoms with E-state index < -0.39 is 7.14 Å². The molecule has 0 aliphatic rings. The van der Waals surface area contributed by atoms with Crippen LogP contribution in [0.4, 0.5) is 0 Å². The molecule has 2 aromatic carbocycles. The van der Waals surface area contributed by atoms with Crippen LogP contribution in [0.5, 0.6) is 0 Å². The minimum absolute atomic E-state index is 0.0982. The van der Waals surface area contributed by atoms with Gasteiger partial charge in [0.25, 0.3) is 0 Å². The van der Waals surface area contributed by atoms with E-state index in [-0.39, 0.29) is 4.99 Å². The molecule has 0 aliphatic carbocycles. The summed E-state index contributed by atoms with van der Waals surface area (Å²) in [4.78, 5) is -0.0982. The molecule has 0 N–H and O–H groups in total. The van der Waals surface area contributed by atoms with E-state index in [0.29, 0.717) is 5.88 Å². The van der Waals surface area contributed by atoms with Crippen LogP contribution in [0.2, 0.25) is 0 Å². The van der Waals surface area contributed by atoms with Gasteiger partial charge in [-0.3, -0.25) is 0 Å². The maximum atomic E-state index is 13.7. The molecule has 2 aromatic rings. The van der Waals surface area contributed by atoms with E-state index in [1.54, 1.807) is 11.8 Å². The number of hydrogen-bond acceptors (Lipinski definition) is 2. The predicted molar refractivity (Wildman–Crippen MR) is 87.8 cm³/mol. The Labute approximate surface area is 123 Å². The molecule has 0 saturated carbocycles. The summed E-state index contributed by atoms with van der Waals surface area (Å²) in [5.74, 6) is 0.377. The highest BCUT2D eigenvalue weighted by Gasteiger charge is 2.35. The van der Waals surface area contributed by atoms with E-state index in [2.05, 4.69) is 0 Å². The van der Waals surface area contributed by atoms with Gasteiger partial charge in [0.1, 0.15) is 0 Å². The molecule has 1 unspecified atom stereocenters. The Balaban J connectivity index is 2.61. The molecule has 0 heterocycles. The van der Waals surface area contributed by atoms with Crippen LogP contribution >= 0.6 is 30.5 Å². The van der Waals surface area contributed by atoms with Gasteiger partial charge in [0.15, 0.2) is 7.14 Å². The molecule has 0 aromatic heterocycles. The Morgan fingerprint density at radius 1 is 1.00 bits per heavy atom. The molecule has 0 saturated heterocycles. The molecule has 1 nitrogen and oxygen atoms in total. The topological polar surface area (TPSA) is 17.1 Å². The van der Waals surface area contributed by atoms with E-state index in [9.17, 15) is 4.57 Å². The normalized spacial score (nSPS) is 13.2. The summed E-state index contributed by atoms with van der Waals surface area (Å²) in [5.41, 5.74) is 0. The standard InChI is InChI=1S/C15H16ClOPS/c1-19-15(12-16)18(17,13-8-4-2-5-9-13)14-10-6-3-7-11-14/h2-11,15H,12H2,1H3. The van der Waals surface area contributed by atoms with Gasteiger partial charge in [-0.25, -0.2) is 0 Å². The maximum absolute atomic E-state index is 13.7. The van der Waals surface area contributed by atoms with Gasteiger partial charge in [-0.05, 0) is 6.26 Å². The van der Waals surface area contributed by atoms with Crippen molar-refractivity contribution in [2.24, 2.45) is 0 Å². The molecular weight excluding hydrogens is 295 g/mol. The number of halogens is 1. The first kappa shape index (κ1) is 14.7. The van der Waals surface area contributed by atoms with Crippen molar-refractivity contribution in [3.05, 3.63) is 60.7 Å². The Morgan fingerprint density at radius 3 is 1.74 bits per heavy atom. The maximum Gasteiger partial charge on any atom is 0.156 e. The van der Waals surface area contributed by atoms with Crippen LogP contribution < -0.4 is 10.6 Å². The van der Waals surface area contributed by atoms with Crippen LogP contribution in [0, 0.1) is 0 Å². The number of thioether (sulfide) groups is 1. The second-order valence-electron chi connectivity index (χ2n) is 4.17. The van der Waals surface area contributed by atoms with Crippen molar-refractivity contribution in [2.45, 2.75) is 4.99 Å². The Hall–Kier alpha value is -0.690. The van der Waals surface area contributed by atoms with Crippen molar-refractivity contribution in [1.82, 2.24) is 0 Å². The fraction of sp³-hybridized carbons (Fsp3) is 0.200. The van der Waals surface area contributed by atoms with Crippen LogP contribution in [-0.4, -0.2) is 17.1 Å². The summed E-state index contributed by atoms with van der Waals surface area (Å²) in [6.07, 6.45) is 1.96. The minimum atomic E-state index is -2.70. The molecule has 0 amide bonds. The molecule has 0 aliphatic heterocycles. The van der Waals surface area contributed by atoms with Crippen LogP contribution in [0.15, 0.2) is 60.7 Å². The Bertz CT molecular complexity index is 511. The van der Waals surface area contributed by atoms with Crippen molar-refractivity contribution in [3.8, 4) is 0 Å². The van der Waals surface area contributed by atoms with Crippen molar-refractivity contribution < 1.29 is 4.57 Å². The van der Waals surface area contributed by atoms with Gasteiger partial charge in [-0.1, -0.05) is 60.7 Å². The summed E-state index contributed by atoms with van der Waals surface area (Å²) >= 11 is 7.63. The van der Waals surface area contributed by atoms with E-state index in [1.807, 2.05) is 66.9 Å². The minimum Gasteiger partial charge on any atom is -0.312 e. The first-order valence-corrected chi connectivity index (χ1v) is 9.63. The summed E-state index contributed by atoms with van der Waals surface area (Å²) < 4.78 is 13.7. The Morgan fingerprint density at radius 2 is 1.42 bits per heavy atom. The van der Waals surface area contributed by atoms with Gasteiger partial charge in [-0.2, -0.15) is 11.8 Å². The van der Waals surface area contributed by atoms with Crippen LogP contribution in [0.3, 0.4) is 0 Å². The fourth-order valence-electron chi connectivity index (χ4n) is 2.09. The molecule has 0 fully saturated rings. The summed E-state index contributed by atoms with van der Waals surface area (Å²) in [6.45, 7) is 0. The van der Waals surface area contributed by atoms with Gasteiger partial charge in [-0.15, -0.1) is 11.6 Å². The lowest BCUT2D eigenvalue weighted by molar-refractivity contribution is 0.586. The molecule has 0 spiro atoms. The lowest BCUT2D eigenvalue weighted by Gasteiger charge is -2.25. The molecule has 100 valence electrons. The van der Waals surface area contributed by atoms with Crippen molar-refractivity contribution in [2.75, 3.05) is 12.1 Å². The third-order valence-corrected chi connectivity index (χ3v) is 9.15. The number of rotatable bonds is 5. The van der Waals surface area contributed by atoms with Crippen molar-refractivity contribution in [3.63, 3.8) is 0 Å². The summed E-state index contributed by atoms with van der Waals surface area (Å²) in [6, 6.07) is 19.3. The zero-order valence-electron chi connectivity index (χ0n) is 10.7. The number of hydrogen-bond donors (Lipinski definition) is 0. The molecule has 1 atom stereocenters. The SMILES string of the molecule is CSC(CCl)P(=O)(c1ccccc1)c1ccccc1. The zero-order valence-corrected chi connectivity index (χ0v) is 13.2. The van der Waals surface area contributed by atoms with E-state index in [0.717, 1.165) is 10.6 Å². The lowest BCUT2D eigenvalue weighted by atomic mass is 10.4. The fourth-order valence-corrected chi connectivity index (χ4v) is 7.48. The average molecular weight is 311 g/mol. The first-order chi connectivity index (χ1) is 9.23. The van der Waals surface area contributed by atoms with Crippen molar-refractivity contribution in [1.29, 1.82) is 0 Å². The molecule has 4 heteroatoms. The predicted octanol–water partition coefficient (Wildman–Crippen LogP) is 3.93. The lowest BCUT2D eigenvalue weighted by Crippen LogP contribution is -2.24. The highest BCUT2D eigenvalue weighted by atomic mass is 35.5. The average Bonchev–Trinajstić information content (AvgIpc) is 2.50. The molecule has 0 bridgehead atoms.